The summed E-state index contributed by atoms with van der Waals surface area (Å²) in [6.07, 6.45) is 2.21. The smallest absolute Gasteiger partial charge is 0.158 e. The Labute approximate surface area is 112 Å². The van der Waals surface area contributed by atoms with Crippen molar-refractivity contribution < 1.29 is 18.3 Å². The van der Waals surface area contributed by atoms with Gasteiger partial charge in [-0.05, 0) is 50.0 Å². The summed E-state index contributed by atoms with van der Waals surface area (Å²) in [4.78, 5) is 0. The maximum Gasteiger partial charge on any atom is 0.158 e. The topological polar surface area (TPSA) is 18.5 Å². The maximum atomic E-state index is 13.6. The van der Waals surface area contributed by atoms with Crippen LogP contribution in [0.3, 0.4) is 0 Å². The summed E-state index contributed by atoms with van der Waals surface area (Å²) in [5.74, 6) is -0.981. The molecule has 19 heavy (non-hydrogen) atoms. The fraction of sp³-hybridized carbons (Fsp3) is 0.467. The molecule has 0 bridgehead atoms. The summed E-state index contributed by atoms with van der Waals surface area (Å²) in [5.41, 5.74) is 0.578. The first-order chi connectivity index (χ1) is 9.08. The van der Waals surface area contributed by atoms with Crippen molar-refractivity contribution >= 4 is 5.57 Å². The zero-order chi connectivity index (χ0) is 13.8. The van der Waals surface area contributed by atoms with Crippen LogP contribution in [0.25, 0.3) is 5.57 Å². The van der Waals surface area contributed by atoms with E-state index in [9.17, 15) is 8.78 Å². The monoisotopic (exact) mass is 268 g/mol. The van der Waals surface area contributed by atoms with Gasteiger partial charge >= 0.3 is 0 Å². The highest BCUT2D eigenvalue weighted by Crippen LogP contribution is 2.25. The van der Waals surface area contributed by atoms with Crippen molar-refractivity contribution in [3.05, 3.63) is 42.0 Å². The van der Waals surface area contributed by atoms with Crippen molar-refractivity contribution in [1.29, 1.82) is 0 Å². The highest BCUT2D eigenvalue weighted by molar-refractivity contribution is 5.66. The van der Waals surface area contributed by atoms with Crippen molar-refractivity contribution in [2.45, 2.75) is 38.6 Å². The van der Waals surface area contributed by atoms with Crippen LogP contribution in [0.5, 0.6) is 0 Å². The SMILES string of the molecule is C=C(c1cc(F)ccc1F)C(C)OC1CCCCO1. The first-order valence-corrected chi connectivity index (χ1v) is 6.49. The van der Waals surface area contributed by atoms with Gasteiger partial charge in [0.1, 0.15) is 11.6 Å². The molecule has 1 aliphatic heterocycles. The molecule has 1 fully saturated rings. The van der Waals surface area contributed by atoms with Crippen LogP contribution in [-0.2, 0) is 9.47 Å². The lowest BCUT2D eigenvalue weighted by atomic mass is 10.0. The van der Waals surface area contributed by atoms with E-state index in [4.69, 9.17) is 9.47 Å². The van der Waals surface area contributed by atoms with Gasteiger partial charge in [-0.1, -0.05) is 6.58 Å². The molecule has 2 unspecified atom stereocenters. The van der Waals surface area contributed by atoms with Gasteiger partial charge in [0.25, 0.3) is 0 Å². The fourth-order valence-electron chi connectivity index (χ4n) is 2.09. The maximum absolute atomic E-state index is 13.6. The van der Waals surface area contributed by atoms with E-state index in [0.717, 1.165) is 37.5 Å². The normalized spacial score (nSPS) is 21.1. The first-order valence-electron chi connectivity index (χ1n) is 6.49. The third kappa shape index (κ3) is 3.61. The molecule has 1 saturated heterocycles. The Kier molecular flexibility index (Phi) is 4.66. The summed E-state index contributed by atoms with van der Waals surface area (Å²) in [6.45, 7) is 6.25. The summed E-state index contributed by atoms with van der Waals surface area (Å²) < 4.78 is 37.9. The van der Waals surface area contributed by atoms with Gasteiger partial charge in [-0.15, -0.1) is 0 Å². The van der Waals surface area contributed by atoms with Crippen LogP contribution in [0.15, 0.2) is 24.8 Å². The van der Waals surface area contributed by atoms with E-state index in [2.05, 4.69) is 6.58 Å². The molecule has 0 aliphatic carbocycles. The third-order valence-corrected chi connectivity index (χ3v) is 3.26. The van der Waals surface area contributed by atoms with Crippen molar-refractivity contribution in [1.82, 2.24) is 0 Å². The van der Waals surface area contributed by atoms with Gasteiger partial charge in [0.15, 0.2) is 6.29 Å². The quantitative estimate of drug-likeness (QED) is 0.824. The Bertz CT molecular complexity index is 453. The molecule has 0 saturated carbocycles. The van der Waals surface area contributed by atoms with E-state index in [-0.39, 0.29) is 11.9 Å². The minimum atomic E-state index is -0.494. The molecule has 2 nitrogen and oxygen atoms in total. The number of hydrogen-bond donors (Lipinski definition) is 0. The molecular weight excluding hydrogens is 250 g/mol. The van der Waals surface area contributed by atoms with Crippen LogP contribution in [0.4, 0.5) is 8.78 Å². The van der Waals surface area contributed by atoms with E-state index in [1.54, 1.807) is 6.92 Å². The standard InChI is InChI=1S/C15H18F2O2/c1-10(13-9-12(16)6-7-14(13)17)11(2)19-15-5-3-4-8-18-15/h6-7,9,11,15H,1,3-5,8H2,2H3. The van der Waals surface area contributed by atoms with Crippen LogP contribution in [0.2, 0.25) is 0 Å². The molecule has 2 atom stereocenters. The van der Waals surface area contributed by atoms with Gasteiger partial charge < -0.3 is 9.47 Å². The number of ether oxygens (including phenoxy) is 2. The molecular formula is C15H18F2O2. The lowest BCUT2D eigenvalue weighted by molar-refractivity contribution is -0.172. The zero-order valence-electron chi connectivity index (χ0n) is 11.0. The van der Waals surface area contributed by atoms with Gasteiger partial charge in [-0.3, -0.25) is 0 Å². The lowest BCUT2D eigenvalue weighted by Gasteiger charge is -2.27. The lowest BCUT2D eigenvalue weighted by Crippen LogP contribution is -2.27. The van der Waals surface area contributed by atoms with E-state index < -0.39 is 17.7 Å². The highest BCUT2D eigenvalue weighted by Gasteiger charge is 2.21. The predicted octanol–water partition coefficient (Wildman–Crippen LogP) is 3.91. The van der Waals surface area contributed by atoms with Gasteiger partial charge in [-0.2, -0.15) is 0 Å². The molecule has 0 amide bonds. The van der Waals surface area contributed by atoms with Crippen molar-refractivity contribution in [3.63, 3.8) is 0 Å². The minimum absolute atomic E-state index is 0.156. The summed E-state index contributed by atoms with van der Waals surface area (Å²) >= 11 is 0. The molecule has 104 valence electrons. The van der Waals surface area contributed by atoms with E-state index in [0.29, 0.717) is 12.2 Å². The van der Waals surface area contributed by atoms with Gasteiger partial charge in [0.05, 0.1) is 6.10 Å². The Balaban J connectivity index is 2.03. The molecule has 2 rings (SSSR count). The number of halogens is 2. The van der Waals surface area contributed by atoms with Gasteiger partial charge in [0.2, 0.25) is 0 Å². The Morgan fingerprint density at radius 3 is 2.89 bits per heavy atom. The van der Waals surface area contributed by atoms with Gasteiger partial charge in [0, 0.05) is 12.2 Å². The molecule has 1 heterocycles. The number of hydrogen-bond acceptors (Lipinski definition) is 2. The fourth-order valence-corrected chi connectivity index (χ4v) is 2.09. The van der Waals surface area contributed by atoms with Crippen molar-refractivity contribution in [2.24, 2.45) is 0 Å². The summed E-state index contributed by atoms with van der Waals surface area (Å²) in [6, 6.07) is 3.32. The Morgan fingerprint density at radius 1 is 1.42 bits per heavy atom. The van der Waals surface area contributed by atoms with Crippen LogP contribution < -0.4 is 0 Å². The second-order valence-electron chi connectivity index (χ2n) is 4.72. The molecule has 0 radical (unpaired) electrons. The van der Waals surface area contributed by atoms with E-state index in [1.165, 1.54) is 0 Å². The first kappa shape index (κ1) is 14.2. The van der Waals surface area contributed by atoms with Crippen molar-refractivity contribution in [2.75, 3.05) is 6.61 Å². The molecule has 0 spiro atoms. The van der Waals surface area contributed by atoms with Crippen LogP contribution in [-0.4, -0.2) is 19.0 Å². The summed E-state index contributed by atoms with van der Waals surface area (Å²) in [5, 5.41) is 0. The predicted molar refractivity (Wildman–Crippen MR) is 69.5 cm³/mol. The molecule has 0 N–H and O–H groups in total. The Morgan fingerprint density at radius 2 is 2.21 bits per heavy atom. The molecule has 1 aromatic rings. The molecule has 0 aromatic heterocycles. The van der Waals surface area contributed by atoms with Crippen LogP contribution in [0, 0.1) is 11.6 Å². The number of rotatable bonds is 4. The second kappa shape index (κ2) is 6.26. The number of benzene rings is 1. The van der Waals surface area contributed by atoms with E-state index >= 15 is 0 Å². The molecule has 1 aromatic carbocycles. The van der Waals surface area contributed by atoms with E-state index in [1.807, 2.05) is 0 Å². The molecule has 4 heteroatoms. The average Bonchev–Trinajstić information content (AvgIpc) is 2.42. The summed E-state index contributed by atoms with van der Waals surface area (Å²) in [7, 11) is 0. The third-order valence-electron chi connectivity index (χ3n) is 3.26. The highest BCUT2D eigenvalue weighted by atomic mass is 19.1. The van der Waals surface area contributed by atoms with Crippen molar-refractivity contribution in [3.8, 4) is 0 Å². The largest absolute Gasteiger partial charge is 0.353 e. The van der Waals surface area contributed by atoms with Crippen LogP contribution >= 0.6 is 0 Å². The minimum Gasteiger partial charge on any atom is -0.353 e. The van der Waals surface area contributed by atoms with Crippen LogP contribution in [0.1, 0.15) is 31.7 Å². The Hall–Kier alpha value is -1.26. The van der Waals surface area contributed by atoms with Gasteiger partial charge in [-0.25, -0.2) is 8.78 Å². The average molecular weight is 268 g/mol. The molecule has 1 aliphatic rings. The zero-order valence-corrected chi connectivity index (χ0v) is 11.0. The second-order valence-corrected chi connectivity index (χ2v) is 4.72.